The van der Waals surface area contributed by atoms with Gasteiger partial charge < -0.3 is 19.9 Å². The summed E-state index contributed by atoms with van der Waals surface area (Å²) < 4.78 is 10.7. The number of halogens is 1. The van der Waals surface area contributed by atoms with Crippen LogP contribution < -0.4 is 10.1 Å². The summed E-state index contributed by atoms with van der Waals surface area (Å²) in [6.07, 6.45) is 4.03. The number of carbonyl (C=O) groups excluding carboxylic acids is 1. The Morgan fingerprint density at radius 1 is 1.21 bits per heavy atom. The van der Waals surface area contributed by atoms with Crippen LogP contribution in [0.4, 0.5) is 5.69 Å². The van der Waals surface area contributed by atoms with Gasteiger partial charge >= 0.3 is 11.9 Å². The smallest absolute Gasteiger partial charge is 0.352 e. The Morgan fingerprint density at radius 3 is 2.50 bits per heavy atom. The number of hydrogen-bond donors (Lipinski definition) is 2. The zero-order valence-electron chi connectivity index (χ0n) is 20.5. The third kappa shape index (κ3) is 6.66. The fourth-order valence-corrected chi connectivity index (χ4v) is 6.63. The van der Waals surface area contributed by atoms with Crippen LogP contribution in [0.25, 0.3) is 10.4 Å². The van der Waals surface area contributed by atoms with Crippen LogP contribution in [0, 0.1) is 10.8 Å². The van der Waals surface area contributed by atoms with E-state index >= 15 is 0 Å². The molecule has 6 nitrogen and oxygen atoms in total. The van der Waals surface area contributed by atoms with Gasteiger partial charge in [0, 0.05) is 11.7 Å². The molecule has 0 saturated heterocycles. The molecule has 1 heterocycles. The van der Waals surface area contributed by atoms with Gasteiger partial charge in [-0.05, 0) is 54.2 Å². The standard InChI is InChI=1S/C26H34ClNO5S/c1-6-10-32-24(31)23-21(33-14-19(29)30)20(27)22(34-23)16-8-7-9-17(11-16)28-18-12-25(2,3)15-26(4,5)13-18/h7-9,11,18,28H,6,10,12-15H2,1-5H3,(H,29,30). The van der Waals surface area contributed by atoms with Crippen molar-refractivity contribution in [1.82, 2.24) is 0 Å². The van der Waals surface area contributed by atoms with E-state index in [1.54, 1.807) is 0 Å². The molecule has 3 rings (SSSR count). The van der Waals surface area contributed by atoms with Crippen LogP contribution >= 0.6 is 22.9 Å². The molecule has 1 aromatic heterocycles. The molecule has 8 heteroatoms. The molecule has 1 fully saturated rings. The fraction of sp³-hybridized carbons (Fsp3) is 0.538. The highest BCUT2D eigenvalue weighted by Crippen LogP contribution is 2.48. The number of ether oxygens (including phenoxy) is 2. The molecule has 0 unspecified atom stereocenters. The molecule has 34 heavy (non-hydrogen) atoms. The van der Waals surface area contributed by atoms with E-state index in [-0.39, 0.29) is 33.1 Å². The van der Waals surface area contributed by atoms with Crippen molar-refractivity contribution in [2.75, 3.05) is 18.5 Å². The van der Waals surface area contributed by atoms with Gasteiger partial charge in [-0.2, -0.15) is 0 Å². The first-order valence-corrected chi connectivity index (χ1v) is 12.8. The van der Waals surface area contributed by atoms with Gasteiger partial charge in [0.05, 0.1) is 11.5 Å². The molecule has 0 amide bonds. The molecule has 2 N–H and O–H groups in total. The van der Waals surface area contributed by atoms with Crippen molar-refractivity contribution in [3.63, 3.8) is 0 Å². The van der Waals surface area contributed by atoms with E-state index in [0.29, 0.717) is 17.3 Å². The third-order valence-corrected chi connectivity index (χ3v) is 7.50. The number of carboxylic acids is 1. The summed E-state index contributed by atoms with van der Waals surface area (Å²) in [6, 6.07) is 8.24. The number of benzene rings is 1. The highest BCUT2D eigenvalue weighted by molar-refractivity contribution is 7.18. The molecule has 0 bridgehead atoms. The number of thiophene rings is 1. The highest BCUT2D eigenvalue weighted by atomic mass is 35.5. The minimum atomic E-state index is -1.15. The summed E-state index contributed by atoms with van der Waals surface area (Å²) in [7, 11) is 0. The molecule has 0 spiro atoms. The molecule has 186 valence electrons. The lowest BCUT2D eigenvalue weighted by molar-refractivity contribution is -0.139. The SMILES string of the molecule is CCCOC(=O)c1sc(-c2cccc(NC3CC(C)(C)CC(C)(C)C3)c2)c(Cl)c1OCC(=O)O. The Labute approximate surface area is 210 Å². The number of aliphatic carboxylic acids is 1. The second kappa shape index (κ2) is 10.6. The monoisotopic (exact) mass is 507 g/mol. The van der Waals surface area contributed by atoms with E-state index in [1.807, 2.05) is 31.2 Å². The van der Waals surface area contributed by atoms with Gasteiger partial charge in [0.1, 0.15) is 5.02 Å². The Hall–Kier alpha value is -2.25. The molecule has 1 saturated carbocycles. The number of nitrogens with one attached hydrogen (secondary N) is 1. The Kier molecular flexibility index (Phi) is 8.19. The maximum Gasteiger partial charge on any atom is 0.352 e. The van der Waals surface area contributed by atoms with Gasteiger partial charge in [-0.1, -0.05) is 58.4 Å². The third-order valence-electron chi connectivity index (χ3n) is 5.82. The van der Waals surface area contributed by atoms with Gasteiger partial charge in [-0.25, -0.2) is 9.59 Å². The predicted molar refractivity (Wildman–Crippen MR) is 137 cm³/mol. The lowest BCUT2D eigenvalue weighted by Crippen LogP contribution is -2.40. The predicted octanol–water partition coefficient (Wildman–Crippen LogP) is 7.12. The van der Waals surface area contributed by atoms with Crippen LogP contribution in [0.3, 0.4) is 0 Å². The first-order valence-electron chi connectivity index (χ1n) is 11.6. The minimum absolute atomic E-state index is 0.0549. The molecule has 0 radical (unpaired) electrons. The van der Waals surface area contributed by atoms with Crippen molar-refractivity contribution >= 4 is 40.6 Å². The van der Waals surface area contributed by atoms with Crippen molar-refractivity contribution in [3.8, 4) is 16.2 Å². The van der Waals surface area contributed by atoms with Crippen molar-refractivity contribution < 1.29 is 24.2 Å². The maximum absolute atomic E-state index is 12.6. The van der Waals surface area contributed by atoms with Crippen LogP contribution in [0.15, 0.2) is 24.3 Å². The van der Waals surface area contributed by atoms with Crippen LogP contribution in [-0.4, -0.2) is 36.3 Å². The van der Waals surface area contributed by atoms with Crippen molar-refractivity contribution in [2.24, 2.45) is 10.8 Å². The quantitative estimate of drug-likeness (QED) is 0.351. The van der Waals surface area contributed by atoms with Gasteiger partial charge in [-0.3, -0.25) is 0 Å². The first kappa shape index (κ1) is 26.4. The highest BCUT2D eigenvalue weighted by Gasteiger charge is 2.38. The van der Waals surface area contributed by atoms with Crippen LogP contribution in [-0.2, 0) is 9.53 Å². The van der Waals surface area contributed by atoms with E-state index < -0.39 is 18.5 Å². The van der Waals surface area contributed by atoms with Crippen molar-refractivity contribution in [2.45, 2.75) is 66.3 Å². The Bertz CT molecular complexity index is 1030. The van der Waals surface area contributed by atoms with Gasteiger partial charge in [0.15, 0.2) is 17.2 Å². The number of hydrogen-bond acceptors (Lipinski definition) is 6. The van der Waals surface area contributed by atoms with Gasteiger partial charge in [-0.15, -0.1) is 11.3 Å². The van der Waals surface area contributed by atoms with Crippen molar-refractivity contribution in [1.29, 1.82) is 0 Å². The lowest BCUT2D eigenvalue weighted by atomic mass is 9.63. The second-order valence-electron chi connectivity index (χ2n) is 10.6. The fourth-order valence-electron chi connectivity index (χ4n) is 5.17. The van der Waals surface area contributed by atoms with E-state index in [0.717, 1.165) is 35.4 Å². The zero-order chi connectivity index (χ0) is 25.1. The molecule has 0 atom stereocenters. The zero-order valence-corrected chi connectivity index (χ0v) is 22.1. The first-order chi connectivity index (χ1) is 15.9. The number of esters is 1. The minimum Gasteiger partial charge on any atom is -0.479 e. The molecule has 2 aromatic rings. The van der Waals surface area contributed by atoms with Gasteiger partial charge in [0.2, 0.25) is 0 Å². The summed E-state index contributed by atoms with van der Waals surface area (Å²) >= 11 is 7.76. The summed E-state index contributed by atoms with van der Waals surface area (Å²) in [5.74, 6) is -1.66. The van der Waals surface area contributed by atoms with Crippen LogP contribution in [0.1, 0.15) is 70.0 Å². The summed E-state index contributed by atoms with van der Waals surface area (Å²) in [6.45, 7) is 10.8. The topological polar surface area (TPSA) is 84.9 Å². The average molecular weight is 508 g/mol. The maximum atomic E-state index is 12.6. The van der Waals surface area contributed by atoms with Crippen LogP contribution in [0.2, 0.25) is 5.02 Å². The number of carbonyl (C=O) groups is 2. The summed E-state index contributed by atoms with van der Waals surface area (Å²) in [5, 5.41) is 12.9. The van der Waals surface area contributed by atoms with Gasteiger partial charge in [0.25, 0.3) is 0 Å². The summed E-state index contributed by atoms with van der Waals surface area (Å²) in [4.78, 5) is 24.5. The number of rotatable bonds is 9. The molecule has 0 aliphatic heterocycles. The molecule has 1 aromatic carbocycles. The number of anilines is 1. The van der Waals surface area contributed by atoms with E-state index in [4.69, 9.17) is 26.2 Å². The Balaban J connectivity index is 1.90. The normalized spacial score (nSPS) is 17.2. The van der Waals surface area contributed by atoms with E-state index in [2.05, 4.69) is 33.0 Å². The van der Waals surface area contributed by atoms with E-state index in [9.17, 15) is 9.59 Å². The molecule has 1 aliphatic carbocycles. The summed E-state index contributed by atoms with van der Waals surface area (Å²) in [5.41, 5.74) is 2.32. The lowest BCUT2D eigenvalue weighted by Gasteiger charge is -2.45. The average Bonchev–Trinajstić information content (AvgIpc) is 3.04. The van der Waals surface area contributed by atoms with Crippen LogP contribution in [0.5, 0.6) is 5.75 Å². The Morgan fingerprint density at radius 2 is 1.88 bits per heavy atom. The largest absolute Gasteiger partial charge is 0.479 e. The second-order valence-corrected chi connectivity index (χ2v) is 12.0. The van der Waals surface area contributed by atoms with E-state index in [1.165, 1.54) is 6.42 Å². The molecule has 1 aliphatic rings. The molecular formula is C26H34ClNO5S. The molecular weight excluding hydrogens is 474 g/mol. The van der Waals surface area contributed by atoms with Crippen molar-refractivity contribution in [3.05, 3.63) is 34.2 Å². The number of carboxylic acid groups (broad SMARTS) is 1.